The lowest BCUT2D eigenvalue weighted by atomic mass is 10.0. The molecule has 17 heteroatoms. The quantitative estimate of drug-likeness (QED) is 0.128. The van der Waals surface area contributed by atoms with Crippen molar-refractivity contribution in [2.45, 2.75) is 55.6 Å². The van der Waals surface area contributed by atoms with Gasteiger partial charge in [-0.15, -0.1) is 5.10 Å². The maximum atomic E-state index is 10.9. The van der Waals surface area contributed by atoms with Crippen LogP contribution in [0.15, 0.2) is 6.20 Å². The van der Waals surface area contributed by atoms with Crippen molar-refractivity contribution < 1.29 is 64.1 Å². The van der Waals surface area contributed by atoms with Crippen LogP contribution in [0.1, 0.15) is 11.9 Å². The first-order valence-corrected chi connectivity index (χ1v) is 10.5. The van der Waals surface area contributed by atoms with Gasteiger partial charge in [0.15, 0.2) is 6.23 Å². The number of aliphatic hydroxyl groups excluding tert-OH is 7. The minimum Gasteiger partial charge on any atom is -0.394 e. The molecule has 16 nitrogen and oxygen atoms in total. The molecule has 0 amide bonds. The fourth-order valence-corrected chi connectivity index (χ4v) is 3.11. The van der Waals surface area contributed by atoms with Gasteiger partial charge in [0.05, 0.1) is 32.6 Å². The Labute approximate surface area is 175 Å². The van der Waals surface area contributed by atoms with Crippen LogP contribution in [0.2, 0.25) is 0 Å². The van der Waals surface area contributed by atoms with Crippen molar-refractivity contribution in [3.8, 4) is 0 Å². The zero-order chi connectivity index (χ0) is 23.3. The smallest absolute Gasteiger partial charge is 0.394 e. The van der Waals surface area contributed by atoms with E-state index in [9.17, 15) is 30.1 Å². The number of phosphoric ester groups is 1. The van der Waals surface area contributed by atoms with Gasteiger partial charge in [0.2, 0.25) is 0 Å². The molecule has 0 bridgehead atoms. The summed E-state index contributed by atoms with van der Waals surface area (Å²) in [5, 5.41) is 74.6. The van der Waals surface area contributed by atoms with E-state index in [0.717, 1.165) is 4.68 Å². The fraction of sp³-hybridized carbons (Fsp3) is 0.857. The fourth-order valence-electron chi connectivity index (χ4n) is 2.77. The molecule has 2 heterocycles. The Hall–Kier alpha value is -1.11. The molecule has 1 aromatic heterocycles. The average Bonchev–Trinajstić information content (AvgIpc) is 3.30. The van der Waals surface area contributed by atoms with Gasteiger partial charge in [0.1, 0.15) is 48.4 Å². The van der Waals surface area contributed by atoms with Gasteiger partial charge in [0, 0.05) is 0 Å². The highest BCUT2D eigenvalue weighted by molar-refractivity contribution is 7.46. The van der Waals surface area contributed by atoms with Crippen molar-refractivity contribution in [1.29, 1.82) is 0 Å². The molecule has 9 N–H and O–H groups in total. The second-order valence-corrected chi connectivity index (χ2v) is 8.03. The van der Waals surface area contributed by atoms with Crippen LogP contribution in [0.4, 0.5) is 0 Å². The molecule has 8 atom stereocenters. The number of rotatable bonds is 12. The first-order valence-electron chi connectivity index (χ1n) is 8.98. The third-order valence-corrected chi connectivity index (χ3v) is 4.99. The van der Waals surface area contributed by atoms with E-state index in [2.05, 4.69) is 14.8 Å². The summed E-state index contributed by atoms with van der Waals surface area (Å²) in [4.78, 5) is 17.7. The van der Waals surface area contributed by atoms with Gasteiger partial charge in [0.25, 0.3) is 0 Å². The minimum atomic E-state index is -4.95. The highest BCUT2D eigenvalue weighted by Gasteiger charge is 2.44. The number of nitrogens with zero attached hydrogens (tertiary/aromatic N) is 3. The van der Waals surface area contributed by atoms with E-state index < -0.39 is 83.2 Å². The monoisotopic (exact) mass is 475 g/mol. The molecule has 0 saturated carbocycles. The number of aromatic nitrogens is 3. The molecule has 1 aliphatic rings. The van der Waals surface area contributed by atoms with Crippen molar-refractivity contribution >= 4 is 7.82 Å². The Morgan fingerprint density at radius 3 is 2.39 bits per heavy atom. The highest BCUT2D eigenvalue weighted by atomic mass is 31.2. The van der Waals surface area contributed by atoms with E-state index in [1.807, 2.05) is 0 Å². The zero-order valence-corrected chi connectivity index (χ0v) is 16.9. The van der Waals surface area contributed by atoms with E-state index in [4.69, 9.17) is 29.5 Å². The Morgan fingerprint density at radius 1 is 1.16 bits per heavy atom. The standard InChI is InChI=1S/C14H26N3O13P/c18-2-7(20)10(21)12(23)9(5-29-31(25,26)27)28-4-6-1-17(16-15-6)14-13(24)11(22)8(3-19)30-14/h1,7-14,18-24H,2-5H2,(H2,25,26,27)/t7-,8+,9+,10+,11+,12+,13+,14+/m0/s1. The van der Waals surface area contributed by atoms with Crippen molar-refractivity contribution in [3.63, 3.8) is 0 Å². The lowest BCUT2D eigenvalue weighted by Crippen LogP contribution is -2.48. The minimum absolute atomic E-state index is 0.0864. The number of phosphoric acid groups is 1. The first-order chi connectivity index (χ1) is 14.5. The lowest BCUT2D eigenvalue weighted by molar-refractivity contribution is -0.143. The molecule has 180 valence electrons. The maximum Gasteiger partial charge on any atom is 0.469 e. The number of ether oxygens (including phenoxy) is 2. The zero-order valence-electron chi connectivity index (χ0n) is 16.0. The molecule has 2 rings (SSSR count). The summed E-state index contributed by atoms with van der Waals surface area (Å²) in [5.74, 6) is 0. The van der Waals surface area contributed by atoms with E-state index in [-0.39, 0.29) is 5.69 Å². The second kappa shape index (κ2) is 11.2. The van der Waals surface area contributed by atoms with Gasteiger partial charge in [-0.2, -0.15) is 0 Å². The third kappa shape index (κ3) is 6.93. The number of hydrogen-bond donors (Lipinski definition) is 9. The first kappa shape index (κ1) is 26.1. The molecule has 31 heavy (non-hydrogen) atoms. The van der Waals surface area contributed by atoms with Crippen LogP contribution in [0.3, 0.4) is 0 Å². The lowest BCUT2D eigenvalue weighted by Gasteiger charge is -2.28. The molecule has 0 unspecified atom stereocenters. The van der Waals surface area contributed by atoms with Crippen LogP contribution in [-0.2, 0) is 25.2 Å². The van der Waals surface area contributed by atoms with Crippen molar-refractivity contribution in [2.24, 2.45) is 0 Å². The molecule has 1 saturated heterocycles. The van der Waals surface area contributed by atoms with Crippen LogP contribution in [0, 0.1) is 0 Å². The molecule has 1 aromatic rings. The van der Waals surface area contributed by atoms with E-state index >= 15 is 0 Å². The van der Waals surface area contributed by atoms with Crippen LogP contribution < -0.4 is 0 Å². The largest absolute Gasteiger partial charge is 0.469 e. The predicted octanol–water partition coefficient (Wildman–Crippen LogP) is -5.04. The Bertz CT molecular complexity index is 732. The normalized spacial score (nSPS) is 28.4. The number of hydrogen-bond acceptors (Lipinski definition) is 13. The molecule has 0 spiro atoms. The van der Waals surface area contributed by atoms with E-state index in [0.29, 0.717) is 0 Å². The molecule has 1 aliphatic heterocycles. The average molecular weight is 475 g/mol. The summed E-state index contributed by atoms with van der Waals surface area (Å²) in [7, 11) is -4.95. The maximum absolute atomic E-state index is 10.9. The Balaban J connectivity index is 2.05. The van der Waals surface area contributed by atoms with Gasteiger partial charge in [-0.1, -0.05) is 5.21 Å². The summed E-state index contributed by atoms with van der Waals surface area (Å²) >= 11 is 0. The molecule has 0 aromatic carbocycles. The summed E-state index contributed by atoms with van der Waals surface area (Å²) in [5.41, 5.74) is 0.0864. The van der Waals surface area contributed by atoms with Crippen LogP contribution in [0.5, 0.6) is 0 Å². The topological polar surface area (TPSA) is 258 Å². The van der Waals surface area contributed by atoms with Crippen LogP contribution in [-0.4, -0.2) is 123 Å². The van der Waals surface area contributed by atoms with E-state index in [1.54, 1.807) is 0 Å². The van der Waals surface area contributed by atoms with Gasteiger partial charge in [-0.25, -0.2) is 9.25 Å². The molecular weight excluding hydrogens is 449 g/mol. The second-order valence-electron chi connectivity index (χ2n) is 6.79. The van der Waals surface area contributed by atoms with Gasteiger partial charge >= 0.3 is 7.82 Å². The van der Waals surface area contributed by atoms with Gasteiger partial charge < -0.3 is 55.0 Å². The van der Waals surface area contributed by atoms with Crippen molar-refractivity contribution in [1.82, 2.24) is 15.0 Å². The third-order valence-electron chi connectivity index (χ3n) is 4.50. The molecule has 0 aliphatic carbocycles. The summed E-state index contributed by atoms with van der Waals surface area (Å²) in [6, 6.07) is 0. The van der Waals surface area contributed by atoms with Crippen LogP contribution >= 0.6 is 7.82 Å². The number of aliphatic hydroxyl groups is 7. The summed E-state index contributed by atoms with van der Waals surface area (Å²) < 4.78 is 26.8. The predicted molar refractivity (Wildman–Crippen MR) is 94.7 cm³/mol. The molecule has 1 fully saturated rings. The van der Waals surface area contributed by atoms with Crippen molar-refractivity contribution in [2.75, 3.05) is 19.8 Å². The Kier molecular flexibility index (Phi) is 9.41. The van der Waals surface area contributed by atoms with Gasteiger partial charge in [-0.3, -0.25) is 4.52 Å². The molecule has 0 radical (unpaired) electrons. The Morgan fingerprint density at radius 2 is 1.84 bits per heavy atom. The summed E-state index contributed by atoms with van der Waals surface area (Å²) in [6.45, 7) is -2.75. The highest BCUT2D eigenvalue weighted by Crippen LogP contribution is 2.36. The SMILES string of the molecule is O=P(O)(O)OC[C@@H](OCc1cn([C@@H]2O[C@H](CO)[C@@H](O)[C@H]2O)nn1)[C@@H](O)[C@H](O)[C@@H](O)CO. The van der Waals surface area contributed by atoms with Crippen molar-refractivity contribution in [3.05, 3.63) is 11.9 Å². The van der Waals surface area contributed by atoms with E-state index in [1.165, 1.54) is 6.20 Å². The summed E-state index contributed by atoms with van der Waals surface area (Å²) in [6.07, 6.45) is -10.9. The van der Waals surface area contributed by atoms with Gasteiger partial charge in [-0.05, 0) is 0 Å². The molecular formula is C14H26N3O13P. The van der Waals surface area contributed by atoms with Crippen LogP contribution in [0.25, 0.3) is 0 Å².